The maximum Gasteiger partial charge on any atom is 0.264 e. The van der Waals surface area contributed by atoms with Gasteiger partial charge in [0.1, 0.15) is 12.6 Å². The zero-order chi connectivity index (χ0) is 30.1. The molecule has 0 aliphatic heterocycles. The molecule has 0 saturated carbocycles. The SMILES string of the molecule is CCNC(=O)[C@@H](Cc1ccccc1)N(Cc1ccc(Cl)cc1)C(=O)CN(c1ccccc1)S(=O)(=O)c1ccc(C)cc1. The highest BCUT2D eigenvalue weighted by molar-refractivity contribution is 7.92. The molecule has 0 aliphatic rings. The van der Waals surface area contributed by atoms with Crippen LogP contribution in [0.1, 0.15) is 23.6 Å². The van der Waals surface area contributed by atoms with E-state index in [0.717, 1.165) is 21.0 Å². The number of nitrogens with one attached hydrogen (secondary N) is 1. The van der Waals surface area contributed by atoms with Crippen molar-refractivity contribution in [2.45, 2.75) is 37.8 Å². The van der Waals surface area contributed by atoms with Crippen LogP contribution in [0.4, 0.5) is 5.69 Å². The Labute approximate surface area is 252 Å². The average molecular weight is 604 g/mol. The van der Waals surface area contributed by atoms with Crippen LogP contribution in [0.15, 0.2) is 114 Å². The molecule has 4 rings (SSSR count). The van der Waals surface area contributed by atoms with Gasteiger partial charge in [-0.15, -0.1) is 0 Å². The Kier molecular flexibility index (Phi) is 10.4. The minimum absolute atomic E-state index is 0.0681. The maximum absolute atomic E-state index is 14.3. The van der Waals surface area contributed by atoms with Gasteiger partial charge >= 0.3 is 0 Å². The molecule has 0 aliphatic carbocycles. The van der Waals surface area contributed by atoms with Gasteiger partial charge in [-0.2, -0.15) is 0 Å². The van der Waals surface area contributed by atoms with E-state index in [9.17, 15) is 18.0 Å². The molecule has 0 saturated heterocycles. The van der Waals surface area contributed by atoms with Crippen LogP contribution in [0.25, 0.3) is 0 Å². The fraction of sp³-hybridized carbons (Fsp3) is 0.212. The number of carbonyl (C=O) groups excluding carboxylic acids is 2. The van der Waals surface area contributed by atoms with E-state index in [1.807, 2.05) is 44.2 Å². The van der Waals surface area contributed by atoms with Gasteiger partial charge in [0.25, 0.3) is 10.0 Å². The van der Waals surface area contributed by atoms with E-state index >= 15 is 0 Å². The van der Waals surface area contributed by atoms with E-state index < -0.39 is 28.5 Å². The second-order valence-electron chi connectivity index (χ2n) is 9.91. The Morgan fingerprint density at radius 2 is 1.40 bits per heavy atom. The van der Waals surface area contributed by atoms with Crippen LogP contribution in [-0.2, 0) is 32.6 Å². The number of halogens is 1. The molecule has 2 amide bonds. The van der Waals surface area contributed by atoms with Gasteiger partial charge in [-0.05, 0) is 61.4 Å². The molecular formula is C33H34ClN3O4S. The number of likely N-dealkylation sites (N-methyl/N-ethyl adjacent to an activating group) is 1. The second kappa shape index (κ2) is 14.2. The molecule has 0 radical (unpaired) electrons. The fourth-order valence-electron chi connectivity index (χ4n) is 4.59. The number of sulfonamides is 1. The fourth-order valence-corrected chi connectivity index (χ4v) is 6.13. The van der Waals surface area contributed by atoms with Gasteiger partial charge in [-0.1, -0.05) is 90.0 Å². The summed E-state index contributed by atoms with van der Waals surface area (Å²) in [6, 6.07) is 30.6. The molecule has 9 heteroatoms. The molecule has 4 aromatic carbocycles. The van der Waals surface area contributed by atoms with Crippen molar-refractivity contribution in [3.05, 3.63) is 131 Å². The number of nitrogens with zero attached hydrogens (tertiary/aromatic N) is 2. The summed E-state index contributed by atoms with van der Waals surface area (Å²) < 4.78 is 29.0. The first-order valence-electron chi connectivity index (χ1n) is 13.7. The maximum atomic E-state index is 14.3. The summed E-state index contributed by atoms with van der Waals surface area (Å²) >= 11 is 6.11. The highest BCUT2D eigenvalue weighted by Gasteiger charge is 2.34. The Balaban J connectivity index is 1.77. The van der Waals surface area contributed by atoms with Gasteiger partial charge in [0, 0.05) is 24.5 Å². The first-order valence-corrected chi connectivity index (χ1v) is 15.5. The van der Waals surface area contributed by atoms with Crippen molar-refractivity contribution in [2.24, 2.45) is 0 Å². The predicted octanol–water partition coefficient (Wildman–Crippen LogP) is 5.62. The van der Waals surface area contributed by atoms with E-state index in [0.29, 0.717) is 17.3 Å². The van der Waals surface area contributed by atoms with E-state index in [1.54, 1.807) is 66.7 Å². The number of aryl methyl sites for hydroxylation is 1. The lowest BCUT2D eigenvalue weighted by atomic mass is 10.0. The first kappa shape index (κ1) is 30.8. The van der Waals surface area contributed by atoms with E-state index in [-0.39, 0.29) is 23.8 Å². The number of anilines is 1. The molecule has 0 bridgehead atoms. The van der Waals surface area contributed by atoms with Crippen LogP contribution in [-0.4, -0.2) is 44.3 Å². The molecular weight excluding hydrogens is 570 g/mol. The van der Waals surface area contributed by atoms with Gasteiger partial charge in [0.15, 0.2) is 0 Å². The Morgan fingerprint density at radius 3 is 2.00 bits per heavy atom. The minimum atomic E-state index is -4.13. The quantitative estimate of drug-likeness (QED) is 0.228. The molecule has 42 heavy (non-hydrogen) atoms. The summed E-state index contributed by atoms with van der Waals surface area (Å²) in [4.78, 5) is 29.3. The minimum Gasteiger partial charge on any atom is -0.355 e. The number of hydrogen-bond donors (Lipinski definition) is 1. The molecule has 0 aromatic heterocycles. The van der Waals surface area contributed by atoms with Crippen molar-refractivity contribution in [1.82, 2.24) is 10.2 Å². The highest BCUT2D eigenvalue weighted by Crippen LogP contribution is 2.25. The highest BCUT2D eigenvalue weighted by atomic mass is 35.5. The lowest BCUT2D eigenvalue weighted by molar-refractivity contribution is -0.140. The molecule has 1 atom stereocenters. The van der Waals surface area contributed by atoms with E-state index in [2.05, 4.69) is 5.32 Å². The van der Waals surface area contributed by atoms with Crippen LogP contribution in [0.5, 0.6) is 0 Å². The Morgan fingerprint density at radius 1 is 0.810 bits per heavy atom. The smallest absolute Gasteiger partial charge is 0.264 e. The predicted molar refractivity (Wildman–Crippen MR) is 167 cm³/mol. The summed E-state index contributed by atoms with van der Waals surface area (Å²) in [5.74, 6) is -0.840. The van der Waals surface area contributed by atoms with Crippen LogP contribution in [0.2, 0.25) is 5.02 Å². The molecule has 1 N–H and O–H groups in total. The van der Waals surface area contributed by atoms with Crippen molar-refractivity contribution in [2.75, 3.05) is 17.4 Å². The summed E-state index contributed by atoms with van der Waals surface area (Å²) in [7, 11) is -4.13. The van der Waals surface area contributed by atoms with Crippen molar-refractivity contribution >= 4 is 39.1 Å². The largest absolute Gasteiger partial charge is 0.355 e. The van der Waals surface area contributed by atoms with Crippen molar-refractivity contribution in [3.63, 3.8) is 0 Å². The van der Waals surface area contributed by atoms with E-state index in [1.165, 1.54) is 17.0 Å². The number of carbonyl (C=O) groups is 2. The summed E-state index contributed by atoms with van der Waals surface area (Å²) in [5, 5.41) is 3.40. The molecule has 7 nitrogen and oxygen atoms in total. The lowest BCUT2D eigenvalue weighted by Crippen LogP contribution is -2.53. The van der Waals surface area contributed by atoms with E-state index in [4.69, 9.17) is 11.6 Å². The van der Waals surface area contributed by atoms with Gasteiger partial charge < -0.3 is 10.2 Å². The zero-order valence-corrected chi connectivity index (χ0v) is 25.2. The van der Waals surface area contributed by atoms with Crippen LogP contribution >= 0.6 is 11.6 Å². The number of para-hydroxylation sites is 1. The number of hydrogen-bond acceptors (Lipinski definition) is 4. The normalized spacial score (nSPS) is 11.9. The Bertz CT molecular complexity index is 1580. The third-order valence-electron chi connectivity index (χ3n) is 6.82. The van der Waals surface area contributed by atoms with Gasteiger partial charge in [-0.3, -0.25) is 13.9 Å². The van der Waals surface area contributed by atoms with Crippen molar-refractivity contribution in [1.29, 1.82) is 0 Å². The molecule has 218 valence electrons. The standard InChI is InChI=1S/C33H34ClN3O4S/c1-3-35-33(39)31(22-26-10-6-4-7-11-26)36(23-27-16-18-28(34)19-17-27)32(38)24-37(29-12-8-5-9-13-29)42(40,41)30-20-14-25(2)15-21-30/h4-21,31H,3,22-24H2,1-2H3,(H,35,39)/t31-/m1/s1. The number of amides is 2. The summed E-state index contributed by atoms with van der Waals surface area (Å²) in [6.07, 6.45) is 0.252. The number of benzene rings is 4. The van der Waals surface area contributed by atoms with Crippen LogP contribution in [0, 0.1) is 6.92 Å². The molecule has 4 aromatic rings. The monoisotopic (exact) mass is 603 g/mol. The number of rotatable bonds is 12. The summed E-state index contributed by atoms with van der Waals surface area (Å²) in [5.41, 5.74) is 2.88. The molecule has 0 spiro atoms. The second-order valence-corrected chi connectivity index (χ2v) is 12.2. The third-order valence-corrected chi connectivity index (χ3v) is 8.86. The van der Waals surface area contributed by atoms with Crippen LogP contribution in [0.3, 0.4) is 0 Å². The van der Waals surface area contributed by atoms with Crippen LogP contribution < -0.4 is 9.62 Å². The first-order chi connectivity index (χ1) is 20.2. The molecule has 0 heterocycles. The lowest BCUT2D eigenvalue weighted by Gasteiger charge is -2.33. The Hall–Kier alpha value is -4.14. The summed E-state index contributed by atoms with van der Waals surface area (Å²) in [6.45, 7) is 3.65. The average Bonchev–Trinajstić information content (AvgIpc) is 2.99. The van der Waals surface area contributed by atoms with Crippen molar-refractivity contribution in [3.8, 4) is 0 Å². The van der Waals surface area contributed by atoms with Gasteiger partial charge in [0.05, 0.1) is 10.6 Å². The van der Waals surface area contributed by atoms with Gasteiger partial charge in [-0.25, -0.2) is 8.42 Å². The zero-order valence-electron chi connectivity index (χ0n) is 23.6. The van der Waals surface area contributed by atoms with Crippen molar-refractivity contribution < 1.29 is 18.0 Å². The third kappa shape index (κ3) is 7.78. The van der Waals surface area contributed by atoms with Gasteiger partial charge in [0.2, 0.25) is 11.8 Å². The molecule has 0 unspecified atom stereocenters. The molecule has 0 fully saturated rings. The topological polar surface area (TPSA) is 86.8 Å².